The summed E-state index contributed by atoms with van der Waals surface area (Å²) in [5.41, 5.74) is 1.38. The molecule has 1 unspecified atom stereocenters. The molecule has 0 spiro atoms. The topological polar surface area (TPSA) is 4.44 Å². The largest absolute Gasteiger partial charge is 0.330 e. The number of hydrogen-bond acceptors (Lipinski definition) is 1. The van der Waals surface area contributed by atoms with Gasteiger partial charge in [0.25, 0.3) is 0 Å². The lowest BCUT2D eigenvalue weighted by molar-refractivity contribution is -0.909. The third-order valence-electron chi connectivity index (χ3n) is 3.02. The molecule has 1 N–H and O–H groups in total. The first-order valence-electron chi connectivity index (χ1n) is 5.80. The zero-order valence-electron chi connectivity index (χ0n) is 9.80. The summed E-state index contributed by atoms with van der Waals surface area (Å²) in [5, 5.41) is 4.37. The summed E-state index contributed by atoms with van der Waals surface area (Å²) in [7, 11) is 0. The highest BCUT2D eigenvalue weighted by Crippen LogP contribution is 2.31. The Morgan fingerprint density at radius 3 is 2.88 bits per heavy atom. The summed E-state index contributed by atoms with van der Waals surface area (Å²) in [6.07, 6.45) is 0. The van der Waals surface area contributed by atoms with Crippen molar-refractivity contribution in [2.24, 2.45) is 0 Å². The lowest BCUT2D eigenvalue weighted by Crippen LogP contribution is -3.10. The van der Waals surface area contributed by atoms with Gasteiger partial charge >= 0.3 is 0 Å². The number of quaternary nitrogens is 1. The smallest absolute Gasteiger partial charge is 0.104 e. The van der Waals surface area contributed by atoms with Crippen molar-refractivity contribution in [2.75, 3.05) is 19.0 Å². The minimum Gasteiger partial charge on any atom is -0.330 e. The Bertz CT molecular complexity index is 495. The molecular formula is C13H16Cl2NS+. The van der Waals surface area contributed by atoms with E-state index in [1.807, 2.05) is 12.1 Å². The first kappa shape index (κ1) is 13.2. The van der Waals surface area contributed by atoms with Gasteiger partial charge in [-0.25, -0.2) is 0 Å². The van der Waals surface area contributed by atoms with E-state index in [1.165, 1.54) is 20.5 Å². The third kappa shape index (κ3) is 2.94. The maximum absolute atomic E-state index is 6.18. The zero-order chi connectivity index (χ0) is 12.3. The molecule has 0 saturated heterocycles. The van der Waals surface area contributed by atoms with Crippen LogP contribution in [0, 0.1) is 0 Å². The molecule has 1 nitrogen and oxygen atoms in total. The maximum atomic E-state index is 6.18. The molecule has 1 atom stereocenters. The van der Waals surface area contributed by atoms with Crippen LogP contribution in [0.25, 0.3) is 10.1 Å². The Hall–Kier alpha value is -0.280. The molecule has 0 aliphatic heterocycles. The van der Waals surface area contributed by atoms with Gasteiger partial charge in [-0.3, -0.25) is 0 Å². The van der Waals surface area contributed by atoms with Crippen molar-refractivity contribution in [2.45, 2.75) is 13.5 Å². The quantitative estimate of drug-likeness (QED) is 0.806. The molecule has 1 aromatic carbocycles. The van der Waals surface area contributed by atoms with E-state index < -0.39 is 0 Å². The third-order valence-corrected chi connectivity index (χ3v) is 4.71. The van der Waals surface area contributed by atoms with Gasteiger partial charge in [-0.2, -0.15) is 0 Å². The monoisotopic (exact) mass is 288 g/mol. The van der Waals surface area contributed by atoms with Crippen molar-refractivity contribution in [3.05, 3.63) is 34.2 Å². The van der Waals surface area contributed by atoms with Crippen molar-refractivity contribution < 1.29 is 4.90 Å². The molecule has 2 rings (SSSR count). The molecule has 92 valence electrons. The lowest BCUT2D eigenvalue weighted by atomic mass is 10.1. The van der Waals surface area contributed by atoms with Gasteiger partial charge in [0, 0.05) is 16.3 Å². The van der Waals surface area contributed by atoms with Crippen LogP contribution in [0.5, 0.6) is 0 Å². The van der Waals surface area contributed by atoms with E-state index in [9.17, 15) is 0 Å². The van der Waals surface area contributed by atoms with Crippen LogP contribution in [0.15, 0.2) is 23.6 Å². The van der Waals surface area contributed by atoms with Crippen LogP contribution in [0.1, 0.15) is 12.5 Å². The van der Waals surface area contributed by atoms with E-state index in [-0.39, 0.29) is 0 Å². The molecule has 0 aliphatic carbocycles. The van der Waals surface area contributed by atoms with Gasteiger partial charge in [-0.1, -0.05) is 23.7 Å². The van der Waals surface area contributed by atoms with Gasteiger partial charge in [0.2, 0.25) is 0 Å². The van der Waals surface area contributed by atoms with Crippen molar-refractivity contribution in [1.29, 1.82) is 0 Å². The molecule has 17 heavy (non-hydrogen) atoms. The number of hydrogen-bond donors (Lipinski definition) is 1. The summed E-state index contributed by atoms with van der Waals surface area (Å²) in [5.74, 6) is 0.714. The lowest BCUT2D eigenvalue weighted by Gasteiger charge is -2.15. The van der Waals surface area contributed by atoms with Crippen LogP contribution < -0.4 is 4.90 Å². The number of rotatable bonds is 5. The number of nitrogens with one attached hydrogen (secondary N) is 1. The van der Waals surface area contributed by atoms with Gasteiger partial charge in [-0.15, -0.1) is 22.9 Å². The Morgan fingerprint density at radius 1 is 1.35 bits per heavy atom. The predicted molar refractivity (Wildman–Crippen MR) is 77.6 cm³/mol. The molecule has 0 bridgehead atoms. The second-order valence-corrected chi connectivity index (χ2v) is 5.76. The van der Waals surface area contributed by atoms with Crippen molar-refractivity contribution in [1.82, 2.24) is 0 Å². The van der Waals surface area contributed by atoms with Gasteiger partial charge in [0.05, 0.1) is 28.7 Å². The first-order chi connectivity index (χ1) is 8.26. The molecule has 0 aliphatic rings. The molecule has 4 heteroatoms. The number of alkyl halides is 1. The fourth-order valence-corrected chi connectivity index (χ4v) is 3.56. The molecule has 0 radical (unpaired) electrons. The van der Waals surface area contributed by atoms with Crippen LogP contribution in [-0.2, 0) is 6.54 Å². The zero-order valence-corrected chi connectivity index (χ0v) is 12.1. The van der Waals surface area contributed by atoms with Crippen molar-refractivity contribution in [3.63, 3.8) is 0 Å². The van der Waals surface area contributed by atoms with E-state index in [0.717, 1.165) is 24.7 Å². The van der Waals surface area contributed by atoms with Crippen LogP contribution in [0.3, 0.4) is 0 Å². The second kappa shape index (κ2) is 6.05. The van der Waals surface area contributed by atoms with E-state index >= 15 is 0 Å². The molecule has 0 saturated carbocycles. The Balaban J connectivity index is 2.27. The molecule has 0 amide bonds. The van der Waals surface area contributed by atoms with Crippen LogP contribution >= 0.6 is 34.5 Å². The normalized spacial score (nSPS) is 13.1. The fourth-order valence-electron chi connectivity index (χ4n) is 2.01. The van der Waals surface area contributed by atoms with Gasteiger partial charge in [-0.05, 0) is 13.0 Å². The highest BCUT2D eigenvalue weighted by atomic mass is 35.5. The summed E-state index contributed by atoms with van der Waals surface area (Å²) < 4.78 is 1.20. The summed E-state index contributed by atoms with van der Waals surface area (Å²) >= 11 is 13.7. The van der Waals surface area contributed by atoms with Crippen molar-refractivity contribution >= 4 is 44.6 Å². The highest BCUT2D eigenvalue weighted by Gasteiger charge is 2.12. The number of fused-ring (bicyclic) bond motifs is 1. The van der Waals surface area contributed by atoms with Gasteiger partial charge in [0.15, 0.2) is 0 Å². The molecular weight excluding hydrogens is 273 g/mol. The second-order valence-electron chi connectivity index (χ2n) is 4.10. The fraction of sp³-hybridized carbons (Fsp3) is 0.385. The summed E-state index contributed by atoms with van der Waals surface area (Å²) in [6, 6.07) is 6.13. The van der Waals surface area contributed by atoms with Crippen LogP contribution in [0.2, 0.25) is 5.02 Å². The average molecular weight is 289 g/mol. The highest BCUT2D eigenvalue weighted by molar-refractivity contribution is 7.18. The van der Waals surface area contributed by atoms with Gasteiger partial charge in [0.1, 0.15) is 6.54 Å². The molecule has 1 aromatic heterocycles. The molecule has 1 heterocycles. The van der Waals surface area contributed by atoms with Gasteiger partial charge < -0.3 is 4.90 Å². The Labute approximate surface area is 116 Å². The van der Waals surface area contributed by atoms with E-state index in [2.05, 4.69) is 18.4 Å². The SMILES string of the molecule is CC[NH+](CCCl)Cc1csc2c(Cl)cccc12. The minimum absolute atomic E-state index is 0.714. The number of benzene rings is 1. The Kier molecular flexibility index (Phi) is 4.69. The predicted octanol–water partition coefficient (Wildman–Crippen LogP) is 3.20. The Morgan fingerprint density at radius 2 is 2.18 bits per heavy atom. The van der Waals surface area contributed by atoms with E-state index in [1.54, 1.807) is 11.3 Å². The standard InChI is InChI=1S/C13H15Cl2NS/c1-2-16(7-6-14)8-10-9-17-13-11(10)4-3-5-12(13)15/h3-5,9H,2,6-8H2,1H3/p+1. The maximum Gasteiger partial charge on any atom is 0.104 e. The molecule has 2 aromatic rings. The van der Waals surface area contributed by atoms with E-state index in [4.69, 9.17) is 23.2 Å². The molecule has 0 fully saturated rings. The number of halogens is 2. The van der Waals surface area contributed by atoms with E-state index in [0.29, 0.717) is 5.88 Å². The average Bonchev–Trinajstić information content (AvgIpc) is 2.73. The van der Waals surface area contributed by atoms with Crippen LogP contribution in [-0.4, -0.2) is 19.0 Å². The minimum atomic E-state index is 0.714. The van der Waals surface area contributed by atoms with Crippen LogP contribution in [0.4, 0.5) is 0 Å². The first-order valence-corrected chi connectivity index (χ1v) is 7.59. The van der Waals surface area contributed by atoms with Crippen molar-refractivity contribution in [3.8, 4) is 0 Å². The number of thiophene rings is 1. The summed E-state index contributed by atoms with van der Waals surface area (Å²) in [6.45, 7) is 5.34. The summed E-state index contributed by atoms with van der Waals surface area (Å²) in [4.78, 5) is 1.51.